The van der Waals surface area contributed by atoms with E-state index >= 15 is 4.39 Å². The number of benzene rings is 3. The zero-order valence-electron chi connectivity index (χ0n) is 40.7. The van der Waals surface area contributed by atoms with Crippen LogP contribution in [0.4, 0.5) is 4.39 Å². The lowest BCUT2D eigenvalue weighted by atomic mass is 9.79. The standard InChI is InChI=1S/C54H68FN9O7/c55-45-18-15-36(29-46-42-13-4-5-14-43(42)51(68)61-60-46)28-44(45)53(70)63-26-24-62(25-27-63)47(65)31-56-21-19-54(34-71-35-54)20-22-57-52(69)49(37-8-2-1-3-9-37)59-50(67)39-11-6-10-38(30-39)40-12-7-23-64(33-40)48(66)32-58-41-16-17-41/h4-6,10-11,13-15,18,28,30,37,40-41,49,56,58H,1-3,7-9,12,16-17,19-27,29,31-35H2,(H,57,69)(H,59,67)(H,61,68)/t40-,49-/m1/s1. The van der Waals surface area contributed by atoms with Gasteiger partial charge in [-0.1, -0.05) is 55.7 Å². The van der Waals surface area contributed by atoms with Crippen LogP contribution < -0.4 is 26.8 Å². The number of ether oxygens (including phenoxy) is 1. The highest BCUT2D eigenvalue weighted by Crippen LogP contribution is 2.35. The Bertz CT molecular complexity index is 2620. The van der Waals surface area contributed by atoms with Gasteiger partial charge in [-0.15, -0.1) is 0 Å². The average Bonchev–Trinajstić information content (AvgIpc) is 4.24. The van der Waals surface area contributed by atoms with E-state index < -0.39 is 17.8 Å². The molecule has 0 unspecified atom stereocenters. The largest absolute Gasteiger partial charge is 0.380 e. The average molecular weight is 974 g/mol. The van der Waals surface area contributed by atoms with Crippen molar-refractivity contribution in [3.63, 3.8) is 0 Å². The van der Waals surface area contributed by atoms with Gasteiger partial charge in [0.1, 0.15) is 11.9 Å². The molecule has 71 heavy (non-hydrogen) atoms. The Morgan fingerprint density at radius 1 is 0.775 bits per heavy atom. The van der Waals surface area contributed by atoms with E-state index in [1.165, 1.54) is 12.1 Å². The number of piperidine rings is 1. The van der Waals surface area contributed by atoms with Crippen molar-refractivity contribution >= 4 is 40.3 Å². The van der Waals surface area contributed by atoms with Gasteiger partial charge < -0.3 is 40.7 Å². The van der Waals surface area contributed by atoms with Crippen molar-refractivity contribution in [2.75, 3.05) is 78.7 Å². The SMILES string of the molecule is O=C(N[C@@H](C(=O)NCCC1(CCNCC(=O)N2CCN(C(=O)c3cc(Cc4n[nH]c(=O)c5ccccc45)ccc3F)CC2)COC1)C1CCCCC1)c1cccc([C@@H]2CCCN(C(=O)CNC3CC3)C2)c1. The highest BCUT2D eigenvalue weighted by atomic mass is 19.1. The van der Waals surface area contributed by atoms with Crippen molar-refractivity contribution in [2.24, 2.45) is 11.3 Å². The fourth-order valence-electron chi connectivity index (χ4n) is 10.8. The number of hydrogen-bond donors (Lipinski definition) is 5. The van der Waals surface area contributed by atoms with Gasteiger partial charge in [0.25, 0.3) is 17.4 Å². The Kier molecular flexibility index (Phi) is 16.2. The zero-order valence-corrected chi connectivity index (χ0v) is 40.7. The molecular formula is C54H68FN9O7. The van der Waals surface area contributed by atoms with Crippen molar-refractivity contribution in [3.05, 3.63) is 111 Å². The molecule has 2 atom stereocenters. The summed E-state index contributed by atoms with van der Waals surface area (Å²) in [6.45, 7) is 5.22. The summed E-state index contributed by atoms with van der Waals surface area (Å²) in [7, 11) is 0. The van der Waals surface area contributed by atoms with Gasteiger partial charge in [0.15, 0.2) is 0 Å². The van der Waals surface area contributed by atoms with Gasteiger partial charge in [-0.2, -0.15) is 5.10 Å². The molecule has 4 aromatic rings. The quantitative estimate of drug-likeness (QED) is 0.0847. The van der Waals surface area contributed by atoms with Crippen LogP contribution in [0.3, 0.4) is 0 Å². The van der Waals surface area contributed by atoms with E-state index in [-0.39, 0.29) is 71.6 Å². The minimum Gasteiger partial charge on any atom is -0.380 e. The molecule has 1 aromatic heterocycles. The molecule has 3 saturated heterocycles. The molecule has 0 bridgehead atoms. The maximum absolute atomic E-state index is 15.1. The summed E-state index contributed by atoms with van der Waals surface area (Å²) in [5, 5.41) is 20.9. The van der Waals surface area contributed by atoms with Crippen LogP contribution >= 0.6 is 0 Å². The third kappa shape index (κ3) is 12.5. The van der Waals surface area contributed by atoms with Crippen LogP contribution in [0.1, 0.15) is 114 Å². The molecule has 0 spiro atoms. The second kappa shape index (κ2) is 23.0. The number of nitrogens with zero attached hydrogens (tertiary/aromatic N) is 4. The molecule has 5 fully saturated rings. The van der Waals surface area contributed by atoms with Gasteiger partial charge in [-0.05, 0) is 105 Å². The van der Waals surface area contributed by atoms with Crippen LogP contribution in [0.5, 0.6) is 0 Å². The number of fused-ring (bicyclic) bond motifs is 1. The van der Waals surface area contributed by atoms with Gasteiger partial charge in [0.2, 0.25) is 17.7 Å². The highest BCUT2D eigenvalue weighted by molar-refractivity contribution is 5.98. The number of piperazine rings is 1. The first-order valence-corrected chi connectivity index (χ1v) is 25.8. The Labute approximate surface area is 414 Å². The first-order valence-electron chi connectivity index (χ1n) is 25.8. The van der Waals surface area contributed by atoms with Crippen LogP contribution in [0.2, 0.25) is 0 Å². The van der Waals surface area contributed by atoms with Gasteiger partial charge >= 0.3 is 0 Å². The molecule has 4 heterocycles. The topological polar surface area (TPSA) is 198 Å². The third-order valence-corrected chi connectivity index (χ3v) is 15.4. The first-order chi connectivity index (χ1) is 34.5. The number of carbonyl (C=O) groups excluding carboxylic acids is 5. The number of carbonyl (C=O) groups is 5. The molecule has 16 nitrogen and oxygen atoms in total. The lowest BCUT2D eigenvalue weighted by Gasteiger charge is -2.42. The van der Waals surface area contributed by atoms with Gasteiger partial charge in [-0.3, -0.25) is 28.8 Å². The monoisotopic (exact) mass is 974 g/mol. The summed E-state index contributed by atoms with van der Waals surface area (Å²) in [6.07, 6.45) is 10.8. The second-order valence-corrected chi connectivity index (χ2v) is 20.5. The minimum atomic E-state index is -0.652. The maximum Gasteiger partial charge on any atom is 0.272 e. The molecule has 9 rings (SSSR count). The summed E-state index contributed by atoms with van der Waals surface area (Å²) in [5.74, 6) is -1.26. The van der Waals surface area contributed by atoms with Crippen LogP contribution in [-0.2, 0) is 25.5 Å². The molecular weight excluding hydrogens is 906 g/mol. The minimum absolute atomic E-state index is 0.0460. The summed E-state index contributed by atoms with van der Waals surface area (Å²) in [5.41, 5.74) is 2.36. The zero-order chi connectivity index (χ0) is 49.3. The van der Waals surface area contributed by atoms with E-state index in [0.29, 0.717) is 99.0 Å². The van der Waals surface area contributed by atoms with Crippen LogP contribution in [0.15, 0.2) is 71.5 Å². The van der Waals surface area contributed by atoms with Crippen molar-refractivity contribution < 1.29 is 33.1 Å². The molecule has 2 saturated carbocycles. The number of likely N-dealkylation sites (tertiary alicyclic amines) is 1. The Hall–Kier alpha value is -6.04. The smallest absolute Gasteiger partial charge is 0.272 e. The second-order valence-electron chi connectivity index (χ2n) is 20.5. The van der Waals surface area contributed by atoms with E-state index in [1.54, 1.807) is 34.1 Å². The number of amides is 5. The third-order valence-electron chi connectivity index (χ3n) is 15.4. The van der Waals surface area contributed by atoms with E-state index in [0.717, 1.165) is 76.3 Å². The predicted molar refractivity (Wildman–Crippen MR) is 266 cm³/mol. The van der Waals surface area contributed by atoms with Gasteiger partial charge in [0, 0.05) is 80.6 Å². The molecule has 5 N–H and O–H groups in total. The fraction of sp³-hybridized carbons (Fsp3) is 0.537. The number of nitrogens with one attached hydrogen (secondary N) is 5. The van der Waals surface area contributed by atoms with Crippen molar-refractivity contribution in [1.29, 1.82) is 0 Å². The van der Waals surface area contributed by atoms with Crippen molar-refractivity contribution in [2.45, 2.75) is 95.1 Å². The Morgan fingerprint density at radius 3 is 2.28 bits per heavy atom. The maximum atomic E-state index is 15.1. The van der Waals surface area contributed by atoms with Crippen LogP contribution in [0.25, 0.3) is 10.8 Å². The summed E-state index contributed by atoms with van der Waals surface area (Å²) in [6, 6.07) is 19.1. The summed E-state index contributed by atoms with van der Waals surface area (Å²) in [4.78, 5) is 85.1. The molecule has 3 aliphatic heterocycles. The summed E-state index contributed by atoms with van der Waals surface area (Å²) < 4.78 is 20.7. The molecule has 0 radical (unpaired) electrons. The van der Waals surface area contributed by atoms with E-state index in [4.69, 9.17) is 4.74 Å². The van der Waals surface area contributed by atoms with Gasteiger partial charge in [0.05, 0.1) is 42.9 Å². The van der Waals surface area contributed by atoms with Crippen LogP contribution in [0, 0.1) is 17.2 Å². The van der Waals surface area contributed by atoms with Crippen LogP contribution in [-0.4, -0.2) is 145 Å². The molecule has 2 aliphatic carbocycles. The first kappa shape index (κ1) is 49.9. The number of hydrogen-bond acceptors (Lipinski definition) is 10. The number of aromatic amines is 1. The summed E-state index contributed by atoms with van der Waals surface area (Å²) >= 11 is 0. The predicted octanol–water partition coefficient (Wildman–Crippen LogP) is 4.28. The van der Waals surface area contributed by atoms with Crippen molar-refractivity contribution in [1.82, 2.24) is 46.2 Å². The molecule has 17 heteroatoms. The highest BCUT2D eigenvalue weighted by Gasteiger charge is 2.39. The molecule has 3 aromatic carbocycles. The Morgan fingerprint density at radius 2 is 1.52 bits per heavy atom. The number of rotatable bonds is 19. The fourth-order valence-corrected chi connectivity index (χ4v) is 10.8. The number of H-pyrrole nitrogens is 1. The van der Waals surface area contributed by atoms with E-state index in [1.807, 2.05) is 35.2 Å². The number of aromatic nitrogens is 2. The van der Waals surface area contributed by atoms with E-state index in [9.17, 15) is 28.8 Å². The normalized spacial score (nSPS) is 19.7. The van der Waals surface area contributed by atoms with E-state index in [2.05, 4.69) is 31.5 Å². The Balaban J connectivity index is 0.712. The molecule has 5 aliphatic rings. The number of halogens is 1. The molecule has 378 valence electrons. The lowest BCUT2D eigenvalue weighted by Crippen LogP contribution is -2.53. The van der Waals surface area contributed by atoms with Gasteiger partial charge in [-0.25, -0.2) is 9.49 Å². The lowest BCUT2D eigenvalue weighted by molar-refractivity contribution is -0.133. The van der Waals surface area contributed by atoms with Crippen molar-refractivity contribution in [3.8, 4) is 0 Å². The molecule has 5 amide bonds.